The van der Waals surface area contributed by atoms with Crippen molar-refractivity contribution in [3.63, 3.8) is 0 Å². The van der Waals surface area contributed by atoms with Crippen LogP contribution in [-0.4, -0.2) is 32.7 Å². The third-order valence-corrected chi connectivity index (χ3v) is 5.99. The van der Waals surface area contributed by atoms with Crippen LogP contribution in [0.25, 0.3) is 10.8 Å². The number of fused-ring (bicyclic) bond motifs is 3. The van der Waals surface area contributed by atoms with E-state index in [0.717, 1.165) is 50.1 Å². The SMILES string of the molecule is CC(=CC=C1Cc2ccc3ccccc3c2O1)C=C1SC(=S)N(CC(=O)O)C1=O. The molecule has 1 amide bonds. The molecule has 0 radical (unpaired) electrons. The van der Waals surface area contributed by atoms with Gasteiger partial charge in [0.15, 0.2) is 0 Å². The molecule has 0 aliphatic carbocycles. The fraction of sp³-hybridized carbons (Fsp3) is 0.136. The Morgan fingerprint density at radius 2 is 2.10 bits per heavy atom. The number of aliphatic carboxylic acids is 1. The van der Waals surface area contributed by atoms with Crippen LogP contribution in [0.3, 0.4) is 0 Å². The van der Waals surface area contributed by atoms with Crippen molar-refractivity contribution in [3.8, 4) is 5.75 Å². The van der Waals surface area contributed by atoms with Crippen LogP contribution in [0.4, 0.5) is 0 Å². The zero-order chi connectivity index (χ0) is 20.5. The van der Waals surface area contributed by atoms with Gasteiger partial charge >= 0.3 is 5.97 Å². The minimum Gasteiger partial charge on any atom is -0.480 e. The van der Waals surface area contributed by atoms with E-state index in [-0.39, 0.29) is 10.2 Å². The summed E-state index contributed by atoms with van der Waals surface area (Å²) >= 11 is 6.22. The van der Waals surface area contributed by atoms with Gasteiger partial charge in [0.05, 0.1) is 4.91 Å². The lowest BCUT2D eigenvalue weighted by Crippen LogP contribution is -2.33. The van der Waals surface area contributed by atoms with Gasteiger partial charge < -0.3 is 9.84 Å². The molecule has 1 saturated heterocycles. The van der Waals surface area contributed by atoms with Crippen LogP contribution in [0.15, 0.2) is 70.9 Å². The smallest absolute Gasteiger partial charge is 0.323 e. The fourth-order valence-electron chi connectivity index (χ4n) is 3.25. The number of hydrogen-bond acceptors (Lipinski definition) is 5. The number of ether oxygens (including phenoxy) is 1. The second kappa shape index (κ2) is 7.85. The summed E-state index contributed by atoms with van der Waals surface area (Å²) in [6.07, 6.45) is 6.21. The number of allylic oxidation sites excluding steroid dienone is 5. The average molecular weight is 424 g/mol. The van der Waals surface area contributed by atoms with Crippen molar-refractivity contribution in [3.05, 3.63) is 76.4 Å². The van der Waals surface area contributed by atoms with E-state index in [9.17, 15) is 9.59 Å². The molecule has 2 aromatic rings. The molecule has 0 spiro atoms. The van der Waals surface area contributed by atoms with Gasteiger partial charge in [0.1, 0.15) is 22.4 Å². The lowest BCUT2D eigenvalue weighted by Gasteiger charge is -2.10. The van der Waals surface area contributed by atoms with Crippen LogP contribution in [0.1, 0.15) is 12.5 Å². The molecule has 0 atom stereocenters. The maximum absolute atomic E-state index is 12.3. The van der Waals surface area contributed by atoms with Crippen LogP contribution < -0.4 is 4.74 Å². The van der Waals surface area contributed by atoms with Crippen LogP contribution in [0, 0.1) is 0 Å². The van der Waals surface area contributed by atoms with Crippen LogP contribution in [0.5, 0.6) is 5.75 Å². The maximum Gasteiger partial charge on any atom is 0.323 e. The van der Waals surface area contributed by atoms with Crippen molar-refractivity contribution >= 4 is 50.9 Å². The summed E-state index contributed by atoms with van der Waals surface area (Å²) in [6, 6.07) is 12.3. The van der Waals surface area contributed by atoms with Crippen molar-refractivity contribution in [1.29, 1.82) is 0 Å². The Bertz CT molecular complexity index is 1150. The number of carboxylic acids is 1. The van der Waals surface area contributed by atoms with Gasteiger partial charge in [-0.1, -0.05) is 66.5 Å². The Labute approximate surface area is 177 Å². The number of carboxylic acid groups (broad SMARTS) is 1. The summed E-state index contributed by atoms with van der Waals surface area (Å²) in [6.45, 7) is 1.45. The topological polar surface area (TPSA) is 66.8 Å². The van der Waals surface area contributed by atoms with E-state index < -0.39 is 12.5 Å². The van der Waals surface area contributed by atoms with E-state index in [0.29, 0.717) is 11.3 Å². The highest BCUT2D eigenvalue weighted by atomic mass is 32.2. The van der Waals surface area contributed by atoms with Gasteiger partial charge in [-0.2, -0.15) is 0 Å². The Balaban J connectivity index is 1.52. The van der Waals surface area contributed by atoms with E-state index in [1.165, 1.54) is 0 Å². The van der Waals surface area contributed by atoms with Gasteiger partial charge in [-0.05, 0) is 30.0 Å². The molecule has 7 heteroatoms. The number of thioether (sulfide) groups is 1. The van der Waals surface area contributed by atoms with Crippen molar-refractivity contribution in [1.82, 2.24) is 4.90 Å². The van der Waals surface area contributed by atoms with E-state index >= 15 is 0 Å². The Hall–Kier alpha value is -2.90. The molecule has 0 saturated carbocycles. The first-order valence-electron chi connectivity index (χ1n) is 8.95. The predicted octanol–water partition coefficient (Wildman–Crippen LogP) is 4.43. The molecule has 2 heterocycles. The monoisotopic (exact) mass is 423 g/mol. The molecular weight excluding hydrogens is 406 g/mol. The molecule has 0 aromatic heterocycles. The molecule has 1 fully saturated rings. The van der Waals surface area contributed by atoms with Gasteiger partial charge in [0.25, 0.3) is 5.91 Å². The maximum atomic E-state index is 12.3. The molecule has 4 rings (SSSR count). The number of benzene rings is 2. The van der Waals surface area contributed by atoms with Gasteiger partial charge in [-0.15, -0.1) is 0 Å². The Morgan fingerprint density at radius 3 is 2.90 bits per heavy atom. The lowest BCUT2D eigenvalue weighted by molar-refractivity contribution is -0.140. The van der Waals surface area contributed by atoms with Crippen molar-refractivity contribution in [2.45, 2.75) is 13.3 Å². The second-order valence-electron chi connectivity index (χ2n) is 6.76. The minimum absolute atomic E-state index is 0.260. The minimum atomic E-state index is -1.09. The van der Waals surface area contributed by atoms with E-state index in [4.69, 9.17) is 22.1 Å². The number of rotatable bonds is 4. The fourth-order valence-corrected chi connectivity index (χ4v) is 4.55. The lowest BCUT2D eigenvalue weighted by atomic mass is 10.0. The molecule has 0 unspecified atom stereocenters. The molecular formula is C22H17NO4S2. The zero-order valence-electron chi connectivity index (χ0n) is 15.5. The van der Waals surface area contributed by atoms with Crippen LogP contribution in [-0.2, 0) is 16.0 Å². The summed E-state index contributed by atoms with van der Waals surface area (Å²) in [7, 11) is 0. The molecule has 2 aliphatic rings. The summed E-state index contributed by atoms with van der Waals surface area (Å²) in [5, 5.41) is 11.1. The molecule has 2 aliphatic heterocycles. The highest BCUT2D eigenvalue weighted by Gasteiger charge is 2.33. The number of amides is 1. The summed E-state index contributed by atoms with van der Waals surface area (Å²) < 4.78 is 6.33. The highest BCUT2D eigenvalue weighted by molar-refractivity contribution is 8.26. The van der Waals surface area contributed by atoms with Gasteiger partial charge in [-0.3, -0.25) is 14.5 Å². The average Bonchev–Trinajstić information content (AvgIpc) is 3.22. The third-order valence-electron chi connectivity index (χ3n) is 4.62. The quantitative estimate of drug-likeness (QED) is 0.580. The van der Waals surface area contributed by atoms with Crippen molar-refractivity contribution in [2.24, 2.45) is 0 Å². The Morgan fingerprint density at radius 1 is 1.31 bits per heavy atom. The third kappa shape index (κ3) is 3.97. The number of hydrogen-bond donors (Lipinski definition) is 1. The van der Waals surface area contributed by atoms with E-state index in [2.05, 4.69) is 24.3 Å². The molecule has 29 heavy (non-hydrogen) atoms. The van der Waals surface area contributed by atoms with E-state index in [1.807, 2.05) is 31.2 Å². The number of carbonyl (C=O) groups excluding carboxylic acids is 1. The van der Waals surface area contributed by atoms with Crippen molar-refractivity contribution < 1.29 is 19.4 Å². The molecule has 0 bridgehead atoms. The summed E-state index contributed by atoms with van der Waals surface area (Å²) in [5.41, 5.74) is 1.99. The van der Waals surface area contributed by atoms with Gasteiger partial charge in [0, 0.05) is 17.4 Å². The van der Waals surface area contributed by atoms with Crippen LogP contribution in [0.2, 0.25) is 0 Å². The largest absolute Gasteiger partial charge is 0.480 e. The summed E-state index contributed by atoms with van der Waals surface area (Å²) in [5.74, 6) is 0.265. The number of thiocarbonyl (C=S) groups is 1. The van der Waals surface area contributed by atoms with Gasteiger partial charge in [0.2, 0.25) is 0 Å². The first-order chi connectivity index (χ1) is 13.9. The molecule has 2 aromatic carbocycles. The van der Waals surface area contributed by atoms with Crippen LogP contribution >= 0.6 is 24.0 Å². The zero-order valence-corrected chi connectivity index (χ0v) is 17.2. The molecule has 1 N–H and O–H groups in total. The number of carbonyl (C=O) groups is 2. The predicted molar refractivity (Wildman–Crippen MR) is 118 cm³/mol. The molecule has 146 valence electrons. The first-order valence-corrected chi connectivity index (χ1v) is 10.2. The second-order valence-corrected chi connectivity index (χ2v) is 8.43. The first kappa shape index (κ1) is 19.4. The van der Waals surface area contributed by atoms with Gasteiger partial charge in [-0.25, -0.2) is 0 Å². The molecule has 5 nitrogen and oxygen atoms in total. The van der Waals surface area contributed by atoms with E-state index in [1.54, 1.807) is 6.08 Å². The summed E-state index contributed by atoms with van der Waals surface area (Å²) in [4.78, 5) is 24.7. The Kier molecular flexibility index (Phi) is 5.25. The number of nitrogens with zero attached hydrogens (tertiary/aromatic N) is 1. The normalized spacial score (nSPS) is 19.3. The van der Waals surface area contributed by atoms with Crippen molar-refractivity contribution in [2.75, 3.05) is 6.54 Å². The standard InChI is InChI=1S/C22H17NO4S2/c1-13(10-18-21(26)23(12-19(24)25)22(28)29-18)6-9-16-11-15-8-7-14-4-2-3-5-17(14)20(15)27-16/h2-10H,11-12H2,1H3,(H,24,25). The highest BCUT2D eigenvalue weighted by Crippen LogP contribution is 2.37.